The first-order valence-electron chi connectivity index (χ1n) is 10.4. The molecular formula is C22H36O6. The third-order valence-corrected chi connectivity index (χ3v) is 5.20. The highest BCUT2D eigenvalue weighted by molar-refractivity contribution is 5.66. The zero-order valence-electron chi connectivity index (χ0n) is 17.1. The maximum atomic E-state index is 11.4. The molecule has 1 rings (SSSR count). The second-order valence-electron chi connectivity index (χ2n) is 7.63. The number of carboxylic acid groups (broad SMARTS) is 1. The lowest BCUT2D eigenvalue weighted by molar-refractivity contribution is -0.147. The number of carboxylic acids is 1. The summed E-state index contributed by atoms with van der Waals surface area (Å²) in [4.78, 5) is 22.0. The number of esters is 1. The maximum absolute atomic E-state index is 11.4. The number of carbonyl (C=O) groups is 2. The van der Waals surface area contributed by atoms with Gasteiger partial charge < -0.3 is 20.1 Å². The van der Waals surface area contributed by atoms with Gasteiger partial charge >= 0.3 is 11.9 Å². The van der Waals surface area contributed by atoms with Crippen molar-refractivity contribution in [2.45, 2.75) is 89.9 Å². The number of rotatable bonds is 13. The minimum absolute atomic E-state index is 0.0980. The van der Waals surface area contributed by atoms with E-state index in [9.17, 15) is 19.8 Å². The molecule has 160 valence electrons. The first-order chi connectivity index (χ1) is 13.3. The van der Waals surface area contributed by atoms with Crippen molar-refractivity contribution in [3.8, 4) is 0 Å². The van der Waals surface area contributed by atoms with E-state index >= 15 is 0 Å². The van der Waals surface area contributed by atoms with Gasteiger partial charge in [0.1, 0.15) is 6.10 Å². The molecule has 0 aromatic carbocycles. The summed E-state index contributed by atoms with van der Waals surface area (Å²) in [6.45, 7) is 3.48. The Balaban J connectivity index is 2.67. The number of ether oxygens (including phenoxy) is 1. The fourth-order valence-electron chi connectivity index (χ4n) is 3.72. The van der Waals surface area contributed by atoms with E-state index in [1.54, 1.807) is 6.08 Å². The number of hydrogen-bond donors (Lipinski definition) is 3. The van der Waals surface area contributed by atoms with Crippen molar-refractivity contribution in [3.05, 3.63) is 24.3 Å². The monoisotopic (exact) mass is 396 g/mol. The van der Waals surface area contributed by atoms with Gasteiger partial charge in [-0.05, 0) is 31.6 Å². The van der Waals surface area contributed by atoms with Gasteiger partial charge in [0.05, 0.1) is 12.2 Å². The number of aliphatic hydroxyl groups excluding tert-OH is 2. The van der Waals surface area contributed by atoms with Crippen molar-refractivity contribution < 1.29 is 29.6 Å². The Morgan fingerprint density at radius 3 is 2.61 bits per heavy atom. The van der Waals surface area contributed by atoms with Crippen molar-refractivity contribution in [2.75, 3.05) is 0 Å². The summed E-state index contributed by atoms with van der Waals surface area (Å²) < 4.78 is 5.41. The lowest BCUT2D eigenvalue weighted by atomic mass is 9.89. The summed E-state index contributed by atoms with van der Waals surface area (Å²) in [7, 11) is 0. The Bertz CT molecular complexity index is 527. The molecule has 1 aliphatic rings. The molecule has 0 aromatic rings. The Hall–Kier alpha value is -1.66. The molecule has 0 amide bonds. The molecular weight excluding hydrogens is 360 g/mol. The lowest BCUT2D eigenvalue weighted by Gasteiger charge is -2.22. The van der Waals surface area contributed by atoms with Crippen LogP contribution in [0.3, 0.4) is 0 Å². The summed E-state index contributed by atoms with van der Waals surface area (Å²) in [5.41, 5.74) is 0. The smallest absolute Gasteiger partial charge is 0.303 e. The quantitative estimate of drug-likeness (QED) is 0.250. The number of carbonyl (C=O) groups excluding carboxylic acids is 1. The fourth-order valence-corrected chi connectivity index (χ4v) is 3.72. The van der Waals surface area contributed by atoms with Crippen molar-refractivity contribution in [1.82, 2.24) is 0 Å². The fraction of sp³-hybridized carbons (Fsp3) is 0.727. The summed E-state index contributed by atoms with van der Waals surface area (Å²) in [6, 6.07) is 0. The average molecular weight is 397 g/mol. The molecule has 0 heterocycles. The van der Waals surface area contributed by atoms with Crippen molar-refractivity contribution in [1.29, 1.82) is 0 Å². The van der Waals surface area contributed by atoms with Crippen molar-refractivity contribution in [2.24, 2.45) is 11.8 Å². The normalized spacial score (nSPS) is 26.1. The first-order valence-corrected chi connectivity index (χ1v) is 10.4. The largest absolute Gasteiger partial charge is 0.481 e. The van der Waals surface area contributed by atoms with Crippen LogP contribution in [0.1, 0.15) is 71.6 Å². The van der Waals surface area contributed by atoms with E-state index in [1.807, 2.05) is 18.2 Å². The zero-order valence-corrected chi connectivity index (χ0v) is 17.1. The van der Waals surface area contributed by atoms with E-state index in [-0.39, 0.29) is 24.2 Å². The van der Waals surface area contributed by atoms with E-state index in [1.165, 1.54) is 6.92 Å². The van der Waals surface area contributed by atoms with Crippen LogP contribution in [0.2, 0.25) is 0 Å². The molecule has 0 aliphatic heterocycles. The molecule has 0 bridgehead atoms. The highest BCUT2D eigenvalue weighted by Crippen LogP contribution is 2.38. The molecule has 0 saturated heterocycles. The topological polar surface area (TPSA) is 104 Å². The molecule has 0 aromatic heterocycles. The van der Waals surface area contributed by atoms with Crippen LogP contribution in [0, 0.1) is 11.8 Å². The van der Waals surface area contributed by atoms with Crippen LogP contribution in [0.25, 0.3) is 0 Å². The second-order valence-corrected chi connectivity index (χ2v) is 7.63. The van der Waals surface area contributed by atoms with E-state index < -0.39 is 24.3 Å². The highest BCUT2D eigenvalue weighted by atomic mass is 16.5. The van der Waals surface area contributed by atoms with E-state index in [0.29, 0.717) is 32.1 Å². The number of hydrogen-bond acceptors (Lipinski definition) is 5. The predicted octanol–water partition coefficient (Wildman–Crippen LogP) is 3.61. The van der Waals surface area contributed by atoms with E-state index in [0.717, 1.165) is 19.3 Å². The number of allylic oxidation sites excluding steroid dienone is 2. The minimum Gasteiger partial charge on any atom is -0.481 e. The van der Waals surface area contributed by atoms with Gasteiger partial charge in [-0.1, -0.05) is 50.5 Å². The van der Waals surface area contributed by atoms with Crippen LogP contribution in [-0.2, 0) is 14.3 Å². The van der Waals surface area contributed by atoms with Crippen LogP contribution in [0.5, 0.6) is 0 Å². The molecule has 1 saturated carbocycles. The number of aliphatic hydroxyl groups is 2. The van der Waals surface area contributed by atoms with Gasteiger partial charge in [0.2, 0.25) is 0 Å². The van der Waals surface area contributed by atoms with Gasteiger partial charge in [0.15, 0.2) is 0 Å². The summed E-state index contributed by atoms with van der Waals surface area (Å²) >= 11 is 0. The Morgan fingerprint density at radius 1 is 1.21 bits per heavy atom. The van der Waals surface area contributed by atoms with Crippen molar-refractivity contribution in [3.63, 3.8) is 0 Å². The minimum atomic E-state index is -0.800. The Labute approximate surface area is 168 Å². The Morgan fingerprint density at radius 2 is 1.96 bits per heavy atom. The first kappa shape index (κ1) is 24.4. The van der Waals surface area contributed by atoms with Crippen LogP contribution in [-0.4, -0.2) is 45.6 Å². The Kier molecular flexibility index (Phi) is 11.8. The van der Waals surface area contributed by atoms with Gasteiger partial charge in [-0.25, -0.2) is 0 Å². The third kappa shape index (κ3) is 9.51. The van der Waals surface area contributed by atoms with Crippen LogP contribution < -0.4 is 0 Å². The third-order valence-electron chi connectivity index (χ3n) is 5.20. The van der Waals surface area contributed by atoms with Crippen LogP contribution >= 0.6 is 0 Å². The lowest BCUT2D eigenvalue weighted by Crippen LogP contribution is -2.24. The molecule has 1 fully saturated rings. The maximum Gasteiger partial charge on any atom is 0.303 e. The van der Waals surface area contributed by atoms with Gasteiger partial charge in [0, 0.05) is 25.7 Å². The highest BCUT2D eigenvalue weighted by Gasteiger charge is 2.42. The summed E-state index contributed by atoms with van der Waals surface area (Å²) in [6.07, 6.45) is 12.3. The van der Waals surface area contributed by atoms with Gasteiger partial charge in [-0.3, -0.25) is 9.59 Å². The van der Waals surface area contributed by atoms with E-state index in [2.05, 4.69) is 6.92 Å². The van der Waals surface area contributed by atoms with Crippen LogP contribution in [0.15, 0.2) is 24.3 Å². The van der Waals surface area contributed by atoms with Gasteiger partial charge in [-0.2, -0.15) is 0 Å². The van der Waals surface area contributed by atoms with Gasteiger partial charge in [0.25, 0.3) is 0 Å². The number of unbranched alkanes of at least 4 members (excludes halogenated alkanes) is 3. The molecule has 5 atom stereocenters. The van der Waals surface area contributed by atoms with Crippen LogP contribution in [0.4, 0.5) is 0 Å². The molecule has 28 heavy (non-hydrogen) atoms. The average Bonchev–Trinajstić information content (AvgIpc) is 2.90. The SMILES string of the molecule is CCCCCC(O)C=CC1C(OC(C)=O)CC(O)C1CC=CCCCC(=O)O. The zero-order chi connectivity index (χ0) is 20.9. The molecule has 5 unspecified atom stereocenters. The molecule has 1 aliphatic carbocycles. The van der Waals surface area contributed by atoms with E-state index in [4.69, 9.17) is 9.84 Å². The predicted molar refractivity (Wildman–Crippen MR) is 108 cm³/mol. The second kappa shape index (κ2) is 13.5. The van der Waals surface area contributed by atoms with Gasteiger partial charge in [-0.15, -0.1) is 0 Å². The summed E-state index contributed by atoms with van der Waals surface area (Å²) in [5.74, 6) is -1.42. The molecule has 6 nitrogen and oxygen atoms in total. The molecule has 0 spiro atoms. The molecule has 3 N–H and O–H groups in total. The summed E-state index contributed by atoms with van der Waals surface area (Å²) in [5, 5.41) is 29.3. The molecule has 6 heteroatoms. The standard InChI is InChI=1S/C22H36O6/c1-3-4-7-10-17(24)13-14-19-18(11-8-5-6-9-12-22(26)27)20(25)15-21(19)28-16(2)23/h5,8,13-14,17-21,24-25H,3-4,6-7,9-12,15H2,1-2H3,(H,26,27). The van der Waals surface area contributed by atoms with Crippen molar-refractivity contribution >= 4 is 11.9 Å². The number of aliphatic carboxylic acids is 1. The molecule has 0 radical (unpaired) electrons.